The highest BCUT2D eigenvalue weighted by molar-refractivity contribution is 7.17. The van der Waals surface area contributed by atoms with Crippen LogP contribution < -0.4 is 5.32 Å². The molecule has 4 aromatic rings. The van der Waals surface area contributed by atoms with Gasteiger partial charge < -0.3 is 14.6 Å². The van der Waals surface area contributed by atoms with Crippen LogP contribution in [0.1, 0.15) is 68.6 Å². The first-order valence-corrected chi connectivity index (χ1v) is 13.0. The first-order chi connectivity index (χ1) is 17.2. The average Bonchev–Trinajstić information content (AvgIpc) is 3.50. The Morgan fingerprint density at radius 3 is 2.69 bits per heavy atom. The Balaban J connectivity index is 1.22. The maximum Gasteiger partial charge on any atom is 0.257 e. The molecule has 1 aromatic carbocycles. The number of aromatic nitrogens is 2. The van der Waals surface area contributed by atoms with Gasteiger partial charge in [-0.1, -0.05) is 12.1 Å². The molecule has 8 heteroatoms. The second-order valence-electron chi connectivity index (χ2n) is 9.20. The third-order valence-corrected chi connectivity index (χ3v) is 8.19. The Morgan fingerprint density at radius 2 is 1.89 bits per heavy atom. The molecule has 1 aliphatic carbocycles. The summed E-state index contributed by atoms with van der Waals surface area (Å²) >= 11 is 1.55. The zero-order chi connectivity index (χ0) is 23.8. The fraction of sp³-hybridized carbons (Fsp3) is 0.333. The number of benzene rings is 1. The highest BCUT2D eigenvalue weighted by atomic mass is 32.1. The Bertz CT molecular complexity index is 1350. The van der Waals surface area contributed by atoms with Crippen molar-refractivity contribution in [3.8, 4) is 0 Å². The van der Waals surface area contributed by atoms with Crippen LogP contribution in [0.5, 0.6) is 0 Å². The maximum atomic E-state index is 13.8. The van der Waals surface area contributed by atoms with Gasteiger partial charge >= 0.3 is 0 Å². The molecular weight excluding hydrogens is 460 g/mol. The number of fused-ring (bicyclic) bond motifs is 2. The van der Waals surface area contributed by atoms with E-state index < -0.39 is 0 Å². The van der Waals surface area contributed by atoms with E-state index in [1.54, 1.807) is 35.9 Å². The lowest BCUT2D eigenvalue weighted by molar-refractivity contribution is 0.0707. The van der Waals surface area contributed by atoms with Gasteiger partial charge in [0.05, 0.1) is 11.1 Å². The molecule has 1 saturated heterocycles. The summed E-state index contributed by atoms with van der Waals surface area (Å²) in [5.74, 6) is 0.741. The maximum absolute atomic E-state index is 13.8. The molecule has 0 radical (unpaired) electrons. The lowest BCUT2D eigenvalue weighted by atomic mass is 9.93. The minimum absolute atomic E-state index is 0.0156. The molecule has 1 N–H and O–H groups in total. The van der Waals surface area contributed by atoms with E-state index in [1.165, 1.54) is 4.88 Å². The fourth-order valence-corrected chi connectivity index (χ4v) is 6.38. The molecule has 0 spiro atoms. The summed E-state index contributed by atoms with van der Waals surface area (Å²) in [7, 11) is 0. The van der Waals surface area contributed by atoms with Crippen molar-refractivity contribution in [3.05, 3.63) is 76.3 Å². The van der Waals surface area contributed by atoms with E-state index in [9.17, 15) is 9.59 Å². The molecule has 1 fully saturated rings. The summed E-state index contributed by atoms with van der Waals surface area (Å²) in [6.45, 7) is 1.28. The van der Waals surface area contributed by atoms with E-state index in [-0.39, 0.29) is 17.7 Å². The Hall–Kier alpha value is -3.52. The Labute approximate surface area is 207 Å². The number of hydrogen-bond acceptors (Lipinski definition) is 6. The normalized spacial score (nSPS) is 16.3. The molecule has 0 atom stereocenters. The van der Waals surface area contributed by atoms with Gasteiger partial charge in [-0.25, -0.2) is 4.98 Å². The van der Waals surface area contributed by atoms with Crippen LogP contribution in [0.15, 0.2) is 53.2 Å². The molecule has 3 aromatic heterocycles. The van der Waals surface area contributed by atoms with Crippen molar-refractivity contribution in [3.63, 3.8) is 0 Å². The number of carbonyl (C=O) groups is 2. The molecule has 178 valence electrons. The first-order valence-electron chi connectivity index (χ1n) is 12.2. The number of para-hydroxylation sites is 2. The highest BCUT2D eigenvalue weighted by Gasteiger charge is 2.32. The number of piperidine rings is 1. The number of oxazole rings is 1. The van der Waals surface area contributed by atoms with Gasteiger partial charge in [-0.15, -0.1) is 11.3 Å². The topological polar surface area (TPSA) is 88.3 Å². The van der Waals surface area contributed by atoms with Gasteiger partial charge in [0.25, 0.3) is 11.8 Å². The number of aryl methyl sites for hydroxylation is 1. The SMILES string of the molecule is O=C(Nc1sc2c(c1C(=O)N1CCC(c3nc4ccccc4o3)CC1)CCCC2)c1cccnc1. The number of amides is 2. The third kappa shape index (κ3) is 4.23. The number of carbonyl (C=O) groups excluding carboxylic acids is 2. The van der Waals surface area contributed by atoms with E-state index in [2.05, 4.69) is 15.3 Å². The molecule has 2 amide bonds. The summed E-state index contributed by atoms with van der Waals surface area (Å²) in [5.41, 5.74) is 3.97. The van der Waals surface area contributed by atoms with Crippen LogP contribution in [0.4, 0.5) is 5.00 Å². The lowest BCUT2D eigenvalue weighted by Crippen LogP contribution is -2.38. The predicted octanol–water partition coefficient (Wildman–Crippen LogP) is 5.44. The molecule has 6 rings (SSSR count). The van der Waals surface area contributed by atoms with Crippen molar-refractivity contribution < 1.29 is 14.0 Å². The highest BCUT2D eigenvalue weighted by Crippen LogP contribution is 2.40. The number of hydrogen-bond donors (Lipinski definition) is 1. The molecule has 0 saturated carbocycles. The Kier molecular flexibility index (Phi) is 5.82. The number of pyridine rings is 1. The molecule has 4 heterocycles. The summed E-state index contributed by atoms with van der Waals surface area (Å²) in [4.78, 5) is 38.5. The van der Waals surface area contributed by atoms with Crippen molar-refractivity contribution in [1.29, 1.82) is 0 Å². The minimum atomic E-state index is -0.236. The number of nitrogens with one attached hydrogen (secondary N) is 1. The van der Waals surface area contributed by atoms with Crippen LogP contribution in [0, 0.1) is 0 Å². The summed E-state index contributed by atoms with van der Waals surface area (Å²) < 4.78 is 5.99. The van der Waals surface area contributed by atoms with Gasteiger partial charge in [-0.2, -0.15) is 0 Å². The molecule has 35 heavy (non-hydrogen) atoms. The van der Waals surface area contributed by atoms with Crippen LogP contribution >= 0.6 is 11.3 Å². The third-order valence-electron chi connectivity index (χ3n) is 6.98. The van der Waals surface area contributed by atoms with Gasteiger partial charge in [0.1, 0.15) is 10.5 Å². The average molecular weight is 487 g/mol. The molecule has 2 aliphatic rings. The summed E-state index contributed by atoms with van der Waals surface area (Å²) in [5, 5.41) is 3.68. The number of rotatable bonds is 4. The van der Waals surface area contributed by atoms with Crippen LogP contribution in [0.2, 0.25) is 0 Å². The lowest BCUT2D eigenvalue weighted by Gasteiger charge is -2.31. The van der Waals surface area contributed by atoms with Crippen LogP contribution in [-0.4, -0.2) is 39.8 Å². The van der Waals surface area contributed by atoms with E-state index >= 15 is 0 Å². The minimum Gasteiger partial charge on any atom is -0.440 e. The van der Waals surface area contributed by atoms with E-state index in [0.29, 0.717) is 29.2 Å². The molecule has 0 unspecified atom stereocenters. The standard InChI is InChI=1S/C27H26N4O3S/c32-24(18-6-5-13-28-16-18)30-26-23(19-7-1-4-10-22(19)35-26)27(33)31-14-11-17(12-15-31)25-29-20-8-2-3-9-21(20)34-25/h2-3,5-6,8-9,13,16-17H,1,4,7,10-12,14-15H2,(H,30,32). The molecule has 0 bridgehead atoms. The van der Waals surface area contributed by atoms with Crippen molar-refractivity contribution in [2.24, 2.45) is 0 Å². The van der Waals surface area contributed by atoms with Crippen LogP contribution in [0.25, 0.3) is 11.1 Å². The number of anilines is 1. The summed E-state index contributed by atoms with van der Waals surface area (Å²) in [6, 6.07) is 11.3. The molecular formula is C27H26N4O3S. The molecule has 7 nitrogen and oxygen atoms in total. The number of thiophene rings is 1. The van der Waals surface area contributed by atoms with Crippen LogP contribution in [0.3, 0.4) is 0 Å². The number of likely N-dealkylation sites (tertiary alicyclic amines) is 1. The van der Waals surface area contributed by atoms with E-state index in [0.717, 1.165) is 61.1 Å². The van der Waals surface area contributed by atoms with Gasteiger partial charge in [0, 0.05) is 36.3 Å². The molecule has 1 aliphatic heterocycles. The summed E-state index contributed by atoms with van der Waals surface area (Å²) in [6.07, 6.45) is 8.83. The largest absolute Gasteiger partial charge is 0.440 e. The predicted molar refractivity (Wildman–Crippen MR) is 135 cm³/mol. The van der Waals surface area contributed by atoms with Crippen molar-refractivity contribution >= 4 is 39.3 Å². The number of nitrogens with zero attached hydrogens (tertiary/aromatic N) is 3. The monoisotopic (exact) mass is 486 g/mol. The Morgan fingerprint density at radius 1 is 1.06 bits per heavy atom. The fourth-order valence-electron chi connectivity index (χ4n) is 5.10. The van der Waals surface area contributed by atoms with Gasteiger partial charge in [-0.05, 0) is 68.4 Å². The smallest absolute Gasteiger partial charge is 0.257 e. The van der Waals surface area contributed by atoms with E-state index in [1.807, 2.05) is 29.2 Å². The van der Waals surface area contributed by atoms with Crippen molar-refractivity contribution in [2.45, 2.75) is 44.4 Å². The van der Waals surface area contributed by atoms with Crippen LogP contribution in [-0.2, 0) is 12.8 Å². The van der Waals surface area contributed by atoms with Gasteiger partial charge in [0.2, 0.25) is 0 Å². The van der Waals surface area contributed by atoms with E-state index in [4.69, 9.17) is 4.42 Å². The van der Waals surface area contributed by atoms with Gasteiger partial charge in [-0.3, -0.25) is 14.6 Å². The zero-order valence-corrected chi connectivity index (χ0v) is 20.1. The second-order valence-corrected chi connectivity index (χ2v) is 10.3. The van der Waals surface area contributed by atoms with Crippen molar-refractivity contribution in [1.82, 2.24) is 14.9 Å². The quantitative estimate of drug-likeness (QED) is 0.415. The van der Waals surface area contributed by atoms with Gasteiger partial charge in [0.15, 0.2) is 11.5 Å². The second kappa shape index (κ2) is 9.26. The zero-order valence-electron chi connectivity index (χ0n) is 19.3. The first kappa shape index (κ1) is 22.0. The van der Waals surface area contributed by atoms with Crippen molar-refractivity contribution in [2.75, 3.05) is 18.4 Å².